The maximum Gasteiger partial charge on any atom is 0.345 e. The molecule has 6 heteroatoms. The van der Waals surface area contributed by atoms with Crippen molar-refractivity contribution in [3.05, 3.63) is 34.5 Å². The number of benzene rings is 2. The van der Waals surface area contributed by atoms with Crippen molar-refractivity contribution in [1.82, 2.24) is 0 Å². The number of thiophene rings is 2. The fourth-order valence-electron chi connectivity index (χ4n) is 5.01. The summed E-state index contributed by atoms with van der Waals surface area (Å²) in [6, 6.07) is 8.20. The molecule has 37 heavy (non-hydrogen) atoms. The van der Waals surface area contributed by atoms with Crippen LogP contribution in [0, 0.1) is 11.8 Å². The summed E-state index contributed by atoms with van der Waals surface area (Å²) in [7, 11) is 0. The average molecular weight is 541 g/mol. The molecule has 0 aliphatic rings. The zero-order chi connectivity index (χ0) is 26.4. The van der Waals surface area contributed by atoms with E-state index in [4.69, 9.17) is 9.47 Å². The first-order valence-corrected chi connectivity index (χ1v) is 15.6. The summed E-state index contributed by atoms with van der Waals surface area (Å²) in [5.74, 6) is 1.72. The van der Waals surface area contributed by atoms with Gasteiger partial charge in [-0.05, 0) is 65.1 Å². The molecule has 0 amide bonds. The summed E-state index contributed by atoms with van der Waals surface area (Å²) >= 11 is 3.03. The average Bonchev–Trinajstić information content (AvgIpc) is 3.57. The first kappa shape index (κ1) is 27.7. The van der Waals surface area contributed by atoms with Crippen LogP contribution in [0.2, 0.25) is 0 Å². The lowest BCUT2D eigenvalue weighted by atomic mass is 10.00. The van der Waals surface area contributed by atoms with E-state index in [0.717, 1.165) is 61.7 Å². The molecular weight excluding hydrogens is 500 g/mol. The number of rotatable bonds is 15. The summed E-state index contributed by atoms with van der Waals surface area (Å²) in [5, 5.41) is 16.1. The van der Waals surface area contributed by atoms with Gasteiger partial charge in [0.15, 0.2) is 11.5 Å². The van der Waals surface area contributed by atoms with E-state index in [9.17, 15) is 9.90 Å². The lowest BCUT2D eigenvalue weighted by Crippen LogP contribution is -2.14. The van der Waals surface area contributed by atoms with Crippen molar-refractivity contribution in [3.63, 3.8) is 0 Å². The SMILES string of the molecule is CCCCC(CC)COc1cc2c(cc1OCC(CC)CCCC)c1cc(C(=O)O)sc1c1sccc21. The van der Waals surface area contributed by atoms with Gasteiger partial charge >= 0.3 is 5.97 Å². The molecule has 2 atom stereocenters. The third-order valence-electron chi connectivity index (χ3n) is 7.51. The Morgan fingerprint density at radius 2 is 1.38 bits per heavy atom. The van der Waals surface area contributed by atoms with Gasteiger partial charge in [-0.3, -0.25) is 0 Å². The van der Waals surface area contributed by atoms with Crippen LogP contribution in [0.15, 0.2) is 29.6 Å². The molecule has 4 aromatic rings. The molecule has 2 heterocycles. The number of fused-ring (bicyclic) bond motifs is 6. The number of carboxylic acid groups (broad SMARTS) is 1. The van der Waals surface area contributed by atoms with E-state index in [-0.39, 0.29) is 0 Å². The normalized spacial score (nSPS) is 13.4. The number of carboxylic acids is 1. The minimum Gasteiger partial charge on any atom is -0.489 e. The van der Waals surface area contributed by atoms with Crippen LogP contribution >= 0.6 is 22.7 Å². The van der Waals surface area contributed by atoms with Crippen LogP contribution in [0.1, 0.15) is 88.7 Å². The molecule has 0 aliphatic carbocycles. The van der Waals surface area contributed by atoms with Gasteiger partial charge in [0.1, 0.15) is 4.88 Å². The van der Waals surface area contributed by atoms with E-state index in [1.807, 2.05) is 6.07 Å². The Morgan fingerprint density at radius 3 is 1.89 bits per heavy atom. The van der Waals surface area contributed by atoms with Crippen LogP contribution < -0.4 is 9.47 Å². The number of ether oxygens (including phenoxy) is 2. The number of hydrogen-bond acceptors (Lipinski definition) is 5. The Bertz CT molecular complexity index is 1340. The Balaban J connectivity index is 1.79. The van der Waals surface area contributed by atoms with Crippen molar-refractivity contribution in [2.75, 3.05) is 13.2 Å². The van der Waals surface area contributed by atoms with Gasteiger partial charge in [-0.2, -0.15) is 0 Å². The molecule has 1 N–H and O–H groups in total. The molecule has 4 rings (SSSR count). The highest BCUT2D eigenvalue weighted by Gasteiger charge is 2.20. The Kier molecular flexibility index (Phi) is 9.71. The highest BCUT2D eigenvalue weighted by atomic mass is 32.1. The topological polar surface area (TPSA) is 55.8 Å². The van der Waals surface area contributed by atoms with Crippen molar-refractivity contribution in [2.24, 2.45) is 11.8 Å². The molecule has 4 nitrogen and oxygen atoms in total. The summed E-state index contributed by atoms with van der Waals surface area (Å²) in [5.41, 5.74) is 0. The van der Waals surface area contributed by atoms with E-state index in [0.29, 0.717) is 29.9 Å². The molecule has 0 aliphatic heterocycles. The van der Waals surface area contributed by atoms with Crippen molar-refractivity contribution in [3.8, 4) is 11.5 Å². The molecule has 0 radical (unpaired) electrons. The molecule has 2 aromatic carbocycles. The highest BCUT2D eigenvalue weighted by molar-refractivity contribution is 7.27. The smallest absolute Gasteiger partial charge is 0.345 e. The van der Waals surface area contributed by atoms with E-state index in [1.54, 1.807) is 11.3 Å². The third kappa shape index (κ3) is 6.23. The predicted octanol–water partition coefficient (Wildman–Crippen LogP) is 10.2. The molecule has 0 bridgehead atoms. The van der Waals surface area contributed by atoms with Crippen LogP contribution in [0.25, 0.3) is 30.9 Å². The molecule has 0 spiro atoms. The fraction of sp³-hybridized carbons (Fsp3) is 0.516. The van der Waals surface area contributed by atoms with Crippen molar-refractivity contribution in [2.45, 2.75) is 79.1 Å². The van der Waals surface area contributed by atoms with Gasteiger partial charge in [-0.15, -0.1) is 22.7 Å². The van der Waals surface area contributed by atoms with Crippen LogP contribution in [0.3, 0.4) is 0 Å². The van der Waals surface area contributed by atoms with E-state index in [2.05, 4.69) is 51.3 Å². The fourth-order valence-corrected chi connectivity index (χ4v) is 7.10. The van der Waals surface area contributed by atoms with Gasteiger partial charge in [0.25, 0.3) is 0 Å². The van der Waals surface area contributed by atoms with Gasteiger partial charge in [-0.25, -0.2) is 4.79 Å². The van der Waals surface area contributed by atoms with Crippen LogP contribution in [-0.2, 0) is 0 Å². The van der Waals surface area contributed by atoms with Crippen molar-refractivity contribution >= 4 is 59.6 Å². The summed E-state index contributed by atoms with van der Waals surface area (Å²) < 4.78 is 15.2. The second-order valence-electron chi connectivity index (χ2n) is 10.1. The number of hydrogen-bond donors (Lipinski definition) is 1. The molecule has 200 valence electrons. The monoisotopic (exact) mass is 540 g/mol. The zero-order valence-corrected chi connectivity index (χ0v) is 24.2. The first-order chi connectivity index (χ1) is 18.0. The minimum absolute atomic E-state index is 0.368. The first-order valence-electron chi connectivity index (χ1n) is 13.9. The Labute approximate surface area is 228 Å². The van der Waals surface area contributed by atoms with Crippen LogP contribution in [0.5, 0.6) is 11.5 Å². The molecule has 0 saturated heterocycles. The molecule has 0 fully saturated rings. The standard InChI is InChI=1S/C31H40O4S2/c1-5-9-11-20(7-3)18-34-26-15-23-22-13-14-36-29(22)30-25(17-28(37-30)31(32)33)24(23)16-27(26)35-19-21(8-4)12-10-6-2/h13-17,20-21H,5-12,18-19H2,1-4H3,(H,32,33). The lowest BCUT2D eigenvalue weighted by Gasteiger charge is -2.21. The second kappa shape index (κ2) is 13.0. The maximum absolute atomic E-state index is 11.8. The van der Waals surface area contributed by atoms with E-state index < -0.39 is 5.97 Å². The zero-order valence-electron chi connectivity index (χ0n) is 22.6. The Morgan fingerprint density at radius 1 is 0.811 bits per heavy atom. The van der Waals surface area contributed by atoms with Crippen molar-refractivity contribution < 1.29 is 19.4 Å². The third-order valence-corrected chi connectivity index (χ3v) is 9.72. The van der Waals surface area contributed by atoms with Crippen LogP contribution in [-0.4, -0.2) is 24.3 Å². The van der Waals surface area contributed by atoms with E-state index in [1.165, 1.54) is 43.4 Å². The van der Waals surface area contributed by atoms with Crippen molar-refractivity contribution in [1.29, 1.82) is 0 Å². The molecule has 2 unspecified atom stereocenters. The van der Waals surface area contributed by atoms with Gasteiger partial charge in [-0.1, -0.05) is 66.2 Å². The number of aromatic carboxylic acids is 1. The predicted molar refractivity (Wildman–Crippen MR) is 159 cm³/mol. The minimum atomic E-state index is -0.880. The van der Waals surface area contributed by atoms with Gasteiger partial charge < -0.3 is 14.6 Å². The highest BCUT2D eigenvalue weighted by Crippen LogP contribution is 2.45. The largest absolute Gasteiger partial charge is 0.489 e. The lowest BCUT2D eigenvalue weighted by molar-refractivity contribution is 0.0702. The van der Waals surface area contributed by atoms with Gasteiger partial charge in [0.2, 0.25) is 0 Å². The summed E-state index contributed by atoms with van der Waals surface area (Å²) in [4.78, 5) is 12.2. The summed E-state index contributed by atoms with van der Waals surface area (Å²) in [6.45, 7) is 10.3. The molecule has 2 aromatic heterocycles. The second-order valence-corrected chi connectivity index (χ2v) is 12.1. The number of unbranched alkanes of at least 4 members (excludes halogenated alkanes) is 2. The molecular formula is C31H40O4S2. The Hall–Kier alpha value is -2.31. The molecule has 0 saturated carbocycles. The van der Waals surface area contributed by atoms with E-state index >= 15 is 0 Å². The maximum atomic E-state index is 11.8. The van der Waals surface area contributed by atoms with Gasteiger partial charge in [0.05, 0.1) is 22.6 Å². The summed E-state index contributed by atoms with van der Waals surface area (Å²) in [6.07, 6.45) is 9.34. The number of carbonyl (C=O) groups is 1. The quantitative estimate of drug-likeness (QED) is 0.163. The van der Waals surface area contributed by atoms with Crippen LogP contribution in [0.4, 0.5) is 0 Å². The van der Waals surface area contributed by atoms with Gasteiger partial charge in [0, 0.05) is 10.8 Å².